The van der Waals surface area contributed by atoms with Gasteiger partial charge in [0.2, 0.25) is 10.0 Å². The molecule has 0 aliphatic carbocycles. The molecule has 0 radical (unpaired) electrons. The van der Waals surface area contributed by atoms with Gasteiger partial charge in [0.25, 0.3) is 0 Å². The van der Waals surface area contributed by atoms with Gasteiger partial charge < -0.3 is 9.47 Å². The van der Waals surface area contributed by atoms with E-state index in [9.17, 15) is 8.42 Å². The number of benzene rings is 2. The molecule has 0 atom stereocenters. The highest BCUT2D eigenvalue weighted by molar-refractivity contribution is 14.1. The Morgan fingerprint density at radius 3 is 2.57 bits per heavy atom. The van der Waals surface area contributed by atoms with Gasteiger partial charge in [0.1, 0.15) is 18.1 Å². The Hall–Kier alpha value is -1.03. The number of halogens is 2. The smallest absolute Gasteiger partial charge is 0.240 e. The molecule has 0 amide bonds. The molecular weight excluding hydrogens is 453 g/mol. The normalized spacial score (nSPS) is 11.3. The number of methoxy groups -OCH3 is 1. The number of rotatable bonds is 7. The summed E-state index contributed by atoms with van der Waals surface area (Å²) < 4.78 is 38.2. The second-order valence-corrected chi connectivity index (χ2v) is 7.81. The van der Waals surface area contributed by atoms with Crippen molar-refractivity contribution in [2.24, 2.45) is 0 Å². The number of sulfonamides is 1. The van der Waals surface area contributed by atoms with Crippen LogP contribution in [0, 0.1) is 3.57 Å². The summed E-state index contributed by atoms with van der Waals surface area (Å²) in [4.78, 5) is 0.181. The lowest BCUT2D eigenvalue weighted by Gasteiger charge is -2.10. The van der Waals surface area contributed by atoms with Crippen LogP contribution in [-0.4, -0.2) is 28.7 Å². The third-order valence-corrected chi connectivity index (χ3v) is 5.54. The van der Waals surface area contributed by atoms with E-state index >= 15 is 0 Å². The molecule has 0 unspecified atom stereocenters. The summed E-state index contributed by atoms with van der Waals surface area (Å²) in [6.07, 6.45) is 0. The molecule has 0 aromatic heterocycles. The van der Waals surface area contributed by atoms with Crippen LogP contribution < -0.4 is 14.2 Å². The Labute approximate surface area is 154 Å². The van der Waals surface area contributed by atoms with Gasteiger partial charge in [-0.3, -0.25) is 0 Å². The first-order valence-corrected chi connectivity index (χ1v) is 9.58. The third-order valence-electron chi connectivity index (χ3n) is 2.92. The fraction of sp³-hybridized carbons (Fsp3) is 0.200. The Morgan fingerprint density at radius 1 is 1.17 bits per heavy atom. The van der Waals surface area contributed by atoms with Crippen LogP contribution >= 0.6 is 34.2 Å². The summed E-state index contributed by atoms with van der Waals surface area (Å²) in [6, 6.07) is 11.7. The molecule has 0 aliphatic heterocycles. The Kier molecular flexibility index (Phi) is 6.51. The highest BCUT2D eigenvalue weighted by Crippen LogP contribution is 2.24. The molecule has 0 fully saturated rings. The molecule has 0 aliphatic rings. The number of hydrogen-bond acceptors (Lipinski definition) is 4. The first-order valence-electron chi connectivity index (χ1n) is 6.64. The van der Waals surface area contributed by atoms with Crippen molar-refractivity contribution in [2.45, 2.75) is 4.90 Å². The predicted molar refractivity (Wildman–Crippen MR) is 97.8 cm³/mol. The van der Waals surface area contributed by atoms with Crippen molar-refractivity contribution in [3.05, 3.63) is 51.1 Å². The molecule has 0 spiro atoms. The van der Waals surface area contributed by atoms with Crippen molar-refractivity contribution in [3.63, 3.8) is 0 Å². The summed E-state index contributed by atoms with van der Waals surface area (Å²) in [5, 5.41) is 0.486. The molecule has 124 valence electrons. The van der Waals surface area contributed by atoms with Crippen LogP contribution in [0.4, 0.5) is 0 Å². The first-order chi connectivity index (χ1) is 10.9. The van der Waals surface area contributed by atoms with E-state index < -0.39 is 10.0 Å². The number of hydrogen-bond donors (Lipinski definition) is 1. The monoisotopic (exact) mass is 467 g/mol. The van der Waals surface area contributed by atoms with Crippen LogP contribution in [0.2, 0.25) is 5.02 Å². The van der Waals surface area contributed by atoms with Gasteiger partial charge in [0.15, 0.2) is 0 Å². The summed E-state index contributed by atoms with van der Waals surface area (Å²) in [6.45, 7) is 0.312. The van der Waals surface area contributed by atoms with Gasteiger partial charge in [-0.1, -0.05) is 23.7 Å². The zero-order valence-electron chi connectivity index (χ0n) is 12.3. The average molecular weight is 468 g/mol. The highest BCUT2D eigenvalue weighted by Gasteiger charge is 2.15. The Bertz CT molecular complexity index is 783. The third kappa shape index (κ3) is 4.97. The van der Waals surface area contributed by atoms with E-state index in [0.717, 1.165) is 3.57 Å². The maximum atomic E-state index is 12.2. The predicted octanol–water partition coefficient (Wildman–Crippen LogP) is 3.31. The van der Waals surface area contributed by atoms with Crippen LogP contribution in [0.5, 0.6) is 11.5 Å². The number of nitrogens with one attached hydrogen (secondary N) is 1. The largest absolute Gasteiger partial charge is 0.496 e. The molecule has 0 saturated carbocycles. The summed E-state index contributed by atoms with van der Waals surface area (Å²) in [5.74, 6) is 1.15. The average Bonchev–Trinajstić information content (AvgIpc) is 2.53. The van der Waals surface area contributed by atoms with Gasteiger partial charge >= 0.3 is 0 Å². The molecule has 5 nitrogen and oxygen atoms in total. The zero-order chi connectivity index (χ0) is 16.9. The van der Waals surface area contributed by atoms with Crippen LogP contribution in [0.15, 0.2) is 47.4 Å². The first kappa shape index (κ1) is 18.3. The second kappa shape index (κ2) is 8.18. The molecule has 0 heterocycles. The van der Waals surface area contributed by atoms with Gasteiger partial charge in [-0.2, -0.15) is 0 Å². The molecule has 2 aromatic carbocycles. The van der Waals surface area contributed by atoms with Crippen molar-refractivity contribution >= 4 is 44.2 Å². The van der Waals surface area contributed by atoms with Crippen LogP contribution in [0.3, 0.4) is 0 Å². The van der Waals surface area contributed by atoms with E-state index in [0.29, 0.717) is 16.5 Å². The molecule has 8 heteroatoms. The summed E-state index contributed by atoms with van der Waals surface area (Å²) in [7, 11) is -2.06. The lowest BCUT2D eigenvalue weighted by atomic mass is 10.3. The minimum atomic E-state index is -3.60. The fourth-order valence-electron chi connectivity index (χ4n) is 1.80. The van der Waals surface area contributed by atoms with Gasteiger partial charge in [-0.05, 0) is 52.9 Å². The molecule has 23 heavy (non-hydrogen) atoms. The molecular formula is C15H15ClINO4S. The van der Waals surface area contributed by atoms with Gasteiger partial charge in [-0.15, -0.1) is 0 Å². The van der Waals surface area contributed by atoms with E-state index in [4.69, 9.17) is 21.1 Å². The van der Waals surface area contributed by atoms with Gasteiger partial charge in [0, 0.05) is 6.54 Å². The Balaban J connectivity index is 1.94. The molecule has 1 N–H and O–H groups in total. The SMILES string of the molecule is COc1ccc(S(=O)(=O)NCCOc2ccccc2Cl)cc1I. The summed E-state index contributed by atoms with van der Waals surface area (Å²) >= 11 is 7.98. The molecule has 0 bridgehead atoms. The van der Waals surface area contributed by atoms with Gasteiger partial charge in [-0.25, -0.2) is 13.1 Å². The highest BCUT2D eigenvalue weighted by atomic mass is 127. The lowest BCUT2D eigenvalue weighted by molar-refractivity contribution is 0.323. The zero-order valence-corrected chi connectivity index (χ0v) is 16.0. The fourth-order valence-corrected chi connectivity index (χ4v) is 3.97. The van der Waals surface area contributed by atoms with Crippen LogP contribution in [0.25, 0.3) is 0 Å². The van der Waals surface area contributed by atoms with E-state index in [-0.39, 0.29) is 18.0 Å². The van der Waals surface area contributed by atoms with E-state index in [2.05, 4.69) is 4.72 Å². The van der Waals surface area contributed by atoms with E-state index in [1.165, 1.54) is 13.2 Å². The lowest BCUT2D eigenvalue weighted by Crippen LogP contribution is -2.28. The molecule has 2 aromatic rings. The summed E-state index contributed by atoms with van der Waals surface area (Å²) in [5.41, 5.74) is 0. The number of ether oxygens (including phenoxy) is 2. The van der Waals surface area contributed by atoms with Crippen LogP contribution in [0.1, 0.15) is 0 Å². The van der Waals surface area contributed by atoms with Crippen LogP contribution in [-0.2, 0) is 10.0 Å². The standard InChI is InChI=1S/C15H15ClINO4S/c1-21-15-7-6-11(10-13(15)17)23(19,20)18-8-9-22-14-5-3-2-4-12(14)16/h2-7,10,18H,8-9H2,1H3. The minimum Gasteiger partial charge on any atom is -0.496 e. The Morgan fingerprint density at radius 2 is 1.91 bits per heavy atom. The minimum absolute atomic E-state index is 0.135. The molecule has 2 rings (SSSR count). The maximum Gasteiger partial charge on any atom is 0.240 e. The van der Waals surface area contributed by atoms with Crippen molar-refractivity contribution in [1.29, 1.82) is 0 Å². The van der Waals surface area contributed by atoms with E-state index in [1.54, 1.807) is 36.4 Å². The van der Waals surface area contributed by atoms with Crippen molar-refractivity contribution in [1.82, 2.24) is 4.72 Å². The van der Waals surface area contributed by atoms with Crippen molar-refractivity contribution in [2.75, 3.05) is 20.3 Å². The van der Waals surface area contributed by atoms with E-state index in [1.807, 2.05) is 22.6 Å². The van der Waals surface area contributed by atoms with Gasteiger partial charge in [0.05, 0.1) is 20.6 Å². The topological polar surface area (TPSA) is 64.6 Å². The molecule has 0 saturated heterocycles. The quantitative estimate of drug-likeness (QED) is 0.501. The number of para-hydroxylation sites is 1. The van der Waals surface area contributed by atoms with Crippen molar-refractivity contribution in [3.8, 4) is 11.5 Å². The van der Waals surface area contributed by atoms with Crippen molar-refractivity contribution < 1.29 is 17.9 Å². The maximum absolute atomic E-state index is 12.2. The second-order valence-electron chi connectivity index (χ2n) is 4.47.